The molecule has 0 aliphatic carbocycles. The largest absolute Gasteiger partial charge is 0.369 e. The minimum atomic E-state index is -0.440. The lowest BCUT2D eigenvalue weighted by atomic mass is 10.2. The zero-order chi connectivity index (χ0) is 31.2. The summed E-state index contributed by atoms with van der Waals surface area (Å²) in [6.45, 7) is 4.73. The number of aromatic nitrogens is 6. The van der Waals surface area contributed by atoms with Gasteiger partial charge in [0.25, 0.3) is 11.5 Å². The molecule has 1 fully saturated rings. The van der Waals surface area contributed by atoms with Gasteiger partial charge in [-0.05, 0) is 67.2 Å². The van der Waals surface area contributed by atoms with Gasteiger partial charge in [-0.2, -0.15) is 9.67 Å². The van der Waals surface area contributed by atoms with E-state index in [1.54, 1.807) is 30.7 Å². The van der Waals surface area contributed by atoms with Crippen molar-refractivity contribution in [2.45, 2.75) is 13.0 Å². The van der Waals surface area contributed by atoms with Gasteiger partial charge in [0.05, 0.1) is 6.54 Å². The van der Waals surface area contributed by atoms with Crippen molar-refractivity contribution in [3.05, 3.63) is 112 Å². The molecule has 4 aromatic heterocycles. The van der Waals surface area contributed by atoms with Gasteiger partial charge in [-0.25, -0.2) is 4.98 Å². The lowest BCUT2D eigenvalue weighted by Gasteiger charge is -2.34. The molecule has 0 spiro atoms. The fraction of sp³-hybridized carbons (Fsp3) is 0.250. The number of hydrogen-bond acceptors (Lipinski definition) is 10. The van der Waals surface area contributed by atoms with E-state index in [-0.39, 0.29) is 23.6 Å². The highest BCUT2D eigenvalue weighted by molar-refractivity contribution is 5.93. The number of nitrogens with two attached hydrogens (primary N) is 1. The van der Waals surface area contributed by atoms with Crippen molar-refractivity contribution in [2.24, 2.45) is 0 Å². The van der Waals surface area contributed by atoms with E-state index >= 15 is 0 Å². The first-order valence-corrected chi connectivity index (χ1v) is 14.8. The highest BCUT2D eigenvalue weighted by atomic mass is 16.2. The second kappa shape index (κ2) is 13.4. The standard InChI is InChI=1S/C32H35N11O2/c1-40-17-19-41(20-18-40)26-11-9-25(10-12-26)37-32-38-31(33)43(39-32)28-8-2-6-24(36-28)13-15-35-29(44)27-7-4-16-42(30(27)45)22-23-5-3-14-34-21-23/h2-12,14,16,21H,13,15,17-20,22H2,1H3,(H,35,44)(H3,33,37,38,39). The molecule has 45 heavy (non-hydrogen) atoms. The van der Waals surface area contributed by atoms with Crippen molar-refractivity contribution in [2.75, 3.05) is 55.7 Å². The SMILES string of the molecule is CN1CCN(c2ccc(Nc3nc(N)n(-c4cccc(CCNC(=O)c5cccn(Cc6cccnc6)c5=O)n4)n3)cc2)CC1. The lowest BCUT2D eigenvalue weighted by molar-refractivity contribution is 0.0952. The summed E-state index contributed by atoms with van der Waals surface area (Å²) in [6, 6.07) is 20.6. The maximum atomic E-state index is 12.9. The smallest absolute Gasteiger partial charge is 0.263 e. The van der Waals surface area contributed by atoms with Gasteiger partial charge in [-0.15, -0.1) is 5.10 Å². The summed E-state index contributed by atoms with van der Waals surface area (Å²) < 4.78 is 2.96. The number of piperazine rings is 1. The van der Waals surface area contributed by atoms with E-state index in [0.29, 0.717) is 24.7 Å². The molecular weight excluding hydrogens is 570 g/mol. The Morgan fingerprint density at radius 3 is 2.56 bits per heavy atom. The molecule has 1 aromatic carbocycles. The van der Waals surface area contributed by atoms with Crippen LogP contribution in [0, 0.1) is 0 Å². The fourth-order valence-corrected chi connectivity index (χ4v) is 5.14. The van der Waals surface area contributed by atoms with Crippen LogP contribution < -0.4 is 26.8 Å². The summed E-state index contributed by atoms with van der Waals surface area (Å²) in [7, 11) is 2.14. The molecule has 1 aliphatic rings. The maximum absolute atomic E-state index is 12.9. The predicted molar refractivity (Wildman–Crippen MR) is 173 cm³/mol. The van der Waals surface area contributed by atoms with E-state index in [2.05, 4.69) is 59.7 Å². The number of hydrogen-bond donors (Lipinski definition) is 3. The van der Waals surface area contributed by atoms with E-state index in [1.807, 2.05) is 36.4 Å². The molecule has 13 nitrogen and oxygen atoms in total. The van der Waals surface area contributed by atoms with Crippen molar-refractivity contribution in [1.82, 2.24) is 39.5 Å². The van der Waals surface area contributed by atoms with Gasteiger partial charge in [0.1, 0.15) is 5.56 Å². The van der Waals surface area contributed by atoms with Crippen LogP contribution in [-0.4, -0.2) is 79.9 Å². The van der Waals surface area contributed by atoms with Gasteiger partial charge in [0, 0.05) is 74.8 Å². The fourth-order valence-electron chi connectivity index (χ4n) is 5.14. The molecule has 5 aromatic rings. The first kappa shape index (κ1) is 29.5. The number of nitrogens with one attached hydrogen (secondary N) is 2. The Labute approximate surface area is 260 Å². The molecule has 0 unspecified atom stereocenters. The third-order valence-electron chi connectivity index (χ3n) is 7.64. The van der Waals surface area contributed by atoms with Gasteiger partial charge >= 0.3 is 0 Å². The summed E-state index contributed by atoms with van der Waals surface area (Å²) in [5.41, 5.74) is 9.54. The molecular formula is C32H35N11O2. The van der Waals surface area contributed by atoms with Crippen LogP contribution in [0.5, 0.6) is 0 Å². The number of carbonyl (C=O) groups excluding carboxylic acids is 1. The Hall–Kier alpha value is -5.56. The summed E-state index contributed by atoms with van der Waals surface area (Å²) in [5.74, 6) is 0.612. The summed E-state index contributed by atoms with van der Waals surface area (Å²) >= 11 is 0. The van der Waals surface area contributed by atoms with Crippen LogP contribution in [0.4, 0.5) is 23.3 Å². The average Bonchev–Trinajstić information content (AvgIpc) is 3.43. The van der Waals surface area contributed by atoms with Crippen molar-refractivity contribution in [3.8, 4) is 5.82 Å². The first-order chi connectivity index (χ1) is 21.9. The molecule has 1 saturated heterocycles. The number of benzene rings is 1. The van der Waals surface area contributed by atoms with Crippen LogP contribution in [0.25, 0.3) is 5.82 Å². The molecule has 230 valence electrons. The molecule has 5 heterocycles. The van der Waals surface area contributed by atoms with Crippen LogP contribution in [-0.2, 0) is 13.0 Å². The Bertz CT molecular complexity index is 1810. The Kier molecular flexibility index (Phi) is 8.78. The van der Waals surface area contributed by atoms with Crippen LogP contribution >= 0.6 is 0 Å². The van der Waals surface area contributed by atoms with E-state index in [1.165, 1.54) is 21.0 Å². The average molecular weight is 606 g/mol. The number of amides is 1. The Balaban J connectivity index is 1.05. The first-order valence-electron chi connectivity index (χ1n) is 14.8. The monoisotopic (exact) mass is 605 g/mol. The predicted octanol–water partition coefficient (Wildman–Crippen LogP) is 2.32. The zero-order valence-corrected chi connectivity index (χ0v) is 25.0. The van der Waals surface area contributed by atoms with Gasteiger partial charge in [0.2, 0.25) is 11.9 Å². The summed E-state index contributed by atoms with van der Waals surface area (Å²) in [6.07, 6.45) is 5.46. The normalized spacial score (nSPS) is 13.5. The van der Waals surface area contributed by atoms with Crippen LogP contribution in [0.3, 0.4) is 0 Å². The number of nitrogens with zero attached hydrogens (tertiary/aromatic N) is 8. The van der Waals surface area contributed by atoms with Gasteiger partial charge in [-0.1, -0.05) is 12.1 Å². The molecule has 4 N–H and O–H groups in total. The zero-order valence-electron chi connectivity index (χ0n) is 25.0. The topological polar surface area (TPSA) is 152 Å². The number of nitrogen functional groups attached to an aromatic ring is 1. The minimum absolute atomic E-state index is 0.0764. The quantitative estimate of drug-likeness (QED) is 0.216. The molecule has 0 bridgehead atoms. The Morgan fingerprint density at radius 1 is 0.956 bits per heavy atom. The third kappa shape index (κ3) is 7.16. The van der Waals surface area contributed by atoms with Crippen LogP contribution in [0.2, 0.25) is 0 Å². The van der Waals surface area contributed by atoms with Gasteiger partial charge < -0.3 is 30.7 Å². The van der Waals surface area contributed by atoms with E-state index in [0.717, 1.165) is 43.1 Å². The van der Waals surface area contributed by atoms with Crippen LogP contribution in [0.1, 0.15) is 21.6 Å². The molecule has 0 radical (unpaired) electrons. The van der Waals surface area contributed by atoms with E-state index < -0.39 is 5.91 Å². The van der Waals surface area contributed by atoms with E-state index in [9.17, 15) is 9.59 Å². The highest BCUT2D eigenvalue weighted by Crippen LogP contribution is 2.22. The Morgan fingerprint density at radius 2 is 1.78 bits per heavy atom. The molecule has 0 saturated carbocycles. The van der Waals surface area contributed by atoms with Crippen molar-refractivity contribution in [3.63, 3.8) is 0 Å². The van der Waals surface area contributed by atoms with Gasteiger partial charge in [-0.3, -0.25) is 14.6 Å². The molecule has 6 rings (SSSR count). The number of pyridine rings is 3. The van der Waals surface area contributed by atoms with E-state index in [4.69, 9.17) is 5.73 Å². The minimum Gasteiger partial charge on any atom is -0.369 e. The number of rotatable bonds is 10. The highest BCUT2D eigenvalue weighted by Gasteiger charge is 2.16. The number of likely N-dealkylation sites (N-methyl/N-ethyl adjacent to an activating group) is 1. The van der Waals surface area contributed by atoms with Crippen molar-refractivity contribution < 1.29 is 4.79 Å². The molecule has 13 heteroatoms. The molecule has 1 amide bonds. The third-order valence-corrected chi connectivity index (χ3v) is 7.64. The second-order valence-electron chi connectivity index (χ2n) is 10.9. The van der Waals surface area contributed by atoms with Crippen molar-refractivity contribution in [1.29, 1.82) is 0 Å². The lowest BCUT2D eigenvalue weighted by Crippen LogP contribution is -2.44. The second-order valence-corrected chi connectivity index (χ2v) is 10.9. The van der Waals surface area contributed by atoms with Gasteiger partial charge in [0.15, 0.2) is 5.82 Å². The van der Waals surface area contributed by atoms with Crippen molar-refractivity contribution >= 4 is 29.2 Å². The number of carbonyl (C=O) groups is 1. The summed E-state index contributed by atoms with van der Waals surface area (Å²) in [5, 5.41) is 10.6. The molecule has 1 aliphatic heterocycles. The summed E-state index contributed by atoms with van der Waals surface area (Å²) in [4.78, 5) is 43.6. The number of anilines is 4. The molecule has 0 atom stereocenters. The van der Waals surface area contributed by atoms with Crippen LogP contribution in [0.15, 0.2) is 90.1 Å². The maximum Gasteiger partial charge on any atom is 0.263 e.